The number of hydrogen-bond donors (Lipinski definition) is 2. The Hall–Kier alpha value is -0.890. The van der Waals surface area contributed by atoms with Crippen molar-refractivity contribution in [3.8, 4) is 12.3 Å². The summed E-state index contributed by atoms with van der Waals surface area (Å²) in [4.78, 5) is 3.89. The summed E-state index contributed by atoms with van der Waals surface area (Å²) in [6, 6.07) is 0. The van der Waals surface area contributed by atoms with Crippen molar-refractivity contribution < 1.29 is 10.2 Å². The molecule has 0 fully saturated rings. The average molecular weight is 197 g/mol. The second kappa shape index (κ2) is 3.11. The first-order valence-corrected chi connectivity index (χ1v) is 4.67. The van der Waals surface area contributed by atoms with Gasteiger partial charge in [0.25, 0.3) is 0 Å². The molecule has 2 N–H and O–H groups in total. The van der Waals surface area contributed by atoms with Crippen molar-refractivity contribution in [2.24, 2.45) is 0 Å². The van der Waals surface area contributed by atoms with Gasteiger partial charge in [0.15, 0.2) is 5.60 Å². The second-order valence-electron chi connectivity index (χ2n) is 3.29. The predicted octanol–water partition coefficient (Wildman–Crippen LogP) is 0.735. The Labute approximate surface area is 81.1 Å². The molecular weight excluding hydrogens is 186 g/mol. The predicted molar refractivity (Wildman–Crippen MR) is 51.1 cm³/mol. The Morgan fingerprint density at radius 3 is 2.46 bits per heavy atom. The minimum absolute atomic E-state index is 0.313. The lowest BCUT2D eigenvalue weighted by atomic mass is 9.84. The molecule has 70 valence electrons. The molecule has 3 nitrogen and oxygen atoms in total. The van der Waals surface area contributed by atoms with Gasteiger partial charge in [0.2, 0.25) is 0 Å². The quantitative estimate of drug-likeness (QED) is 0.687. The second-order valence-corrected chi connectivity index (χ2v) is 4.01. The maximum Gasteiger partial charge on any atom is 0.196 e. The van der Waals surface area contributed by atoms with Crippen LogP contribution in [-0.4, -0.2) is 20.8 Å². The van der Waals surface area contributed by atoms with Gasteiger partial charge in [-0.15, -0.1) is 17.8 Å². The first-order chi connectivity index (χ1) is 5.92. The number of thiazole rings is 1. The number of aromatic nitrogens is 1. The van der Waals surface area contributed by atoms with Crippen LogP contribution in [0, 0.1) is 12.3 Å². The molecule has 4 heteroatoms. The first-order valence-electron chi connectivity index (χ1n) is 3.73. The summed E-state index contributed by atoms with van der Waals surface area (Å²) in [5.41, 5.74) is -1.25. The van der Waals surface area contributed by atoms with Crippen LogP contribution in [0.3, 0.4) is 0 Å². The molecular formula is C9H11NO2S. The summed E-state index contributed by atoms with van der Waals surface area (Å²) in [7, 11) is 0. The third-order valence-electron chi connectivity index (χ3n) is 1.90. The van der Waals surface area contributed by atoms with E-state index in [2.05, 4.69) is 10.9 Å². The Balaban J connectivity index is 3.19. The zero-order valence-corrected chi connectivity index (χ0v) is 8.30. The molecule has 0 aliphatic rings. The highest BCUT2D eigenvalue weighted by atomic mass is 32.1. The molecule has 13 heavy (non-hydrogen) atoms. The van der Waals surface area contributed by atoms with Gasteiger partial charge in [0.1, 0.15) is 5.60 Å². The van der Waals surface area contributed by atoms with Crippen LogP contribution in [0.25, 0.3) is 0 Å². The maximum atomic E-state index is 9.97. The van der Waals surface area contributed by atoms with Crippen molar-refractivity contribution in [2.75, 3.05) is 0 Å². The van der Waals surface area contributed by atoms with Gasteiger partial charge in [-0.2, -0.15) is 0 Å². The smallest absolute Gasteiger partial charge is 0.196 e. The minimum atomic E-state index is -1.72. The van der Waals surface area contributed by atoms with E-state index in [0.717, 1.165) is 0 Å². The van der Waals surface area contributed by atoms with E-state index in [-0.39, 0.29) is 0 Å². The molecule has 1 aromatic rings. The van der Waals surface area contributed by atoms with Crippen LogP contribution in [0.15, 0.2) is 10.9 Å². The molecule has 0 bridgehead atoms. The highest BCUT2D eigenvalue weighted by Gasteiger charge is 2.43. The monoisotopic (exact) mass is 197 g/mol. The van der Waals surface area contributed by atoms with E-state index in [1.807, 2.05) is 0 Å². The van der Waals surface area contributed by atoms with Gasteiger partial charge < -0.3 is 10.2 Å². The minimum Gasteiger partial charge on any atom is -0.386 e. The Kier molecular flexibility index (Phi) is 2.44. The summed E-state index contributed by atoms with van der Waals surface area (Å²) in [6.45, 7) is 2.90. The Morgan fingerprint density at radius 1 is 1.54 bits per heavy atom. The molecule has 0 aromatic carbocycles. The van der Waals surface area contributed by atoms with E-state index < -0.39 is 11.2 Å². The zero-order valence-electron chi connectivity index (χ0n) is 7.48. The zero-order chi connectivity index (χ0) is 10.1. The van der Waals surface area contributed by atoms with Crippen molar-refractivity contribution in [2.45, 2.75) is 25.0 Å². The van der Waals surface area contributed by atoms with Crippen LogP contribution < -0.4 is 0 Å². The fourth-order valence-corrected chi connectivity index (χ4v) is 1.55. The normalized spacial score (nSPS) is 16.2. The lowest BCUT2D eigenvalue weighted by Crippen LogP contribution is -2.46. The highest BCUT2D eigenvalue weighted by molar-refractivity contribution is 7.07. The van der Waals surface area contributed by atoms with Crippen molar-refractivity contribution >= 4 is 11.3 Å². The largest absolute Gasteiger partial charge is 0.386 e. The van der Waals surface area contributed by atoms with Gasteiger partial charge in [0, 0.05) is 5.38 Å². The van der Waals surface area contributed by atoms with Crippen LogP contribution in [0.5, 0.6) is 0 Å². The number of nitrogens with zero attached hydrogens (tertiary/aromatic N) is 1. The van der Waals surface area contributed by atoms with Crippen LogP contribution in [0.2, 0.25) is 0 Å². The lowest BCUT2D eigenvalue weighted by molar-refractivity contribution is -0.100. The van der Waals surface area contributed by atoms with Gasteiger partial charge in [-0.05, 0) is 13.8 Å². The lowest BCUT2D eigenvalue weighted by Gasteiger charge is -2.32. The van der Waals surface area contributed by atoms with Crippen LogP contribution in [-0.2, 0) is 5.60 Å². The SMILES string of the molecule is C#CC(O)(c1cscn1)C(C)(C)O. The molecule has 0 saturated heterocycles. The van der Waals surface area contributed by atoms with Gasteiger partial charge in [0.05, 0.1) is 11.2 Å². The summed E-state index contributed by atoms with van der Waals surface area (Å²) in [6.07, 6.45) is 5.19. The summed E-state index contributed by atoms with van der Waals surface area (Å²) >= 11 is 1.32. The molecule has 1 rings (SSSR count). The fourth-order valence-electron chi connectivity index (χ4n) is 0.955. The van der Waals surface area contributed by atoms with Crippen molar-refractivity contribution in [1.82, 2.24) is 4.98 Å². The molecule has 0 spiro atoms. The summed E-state index contributed by atoms with van der Waals surface area (Å²) in [5.74, 6) is 2.17. The Bertz CT molecular complexity index is 320. The first kappa shape index (κ1) is 10.2. The number of terminal acetylenes is 1. The van der Waals surface area contributed by atoms with Crippen molar-refractivity contribution in [3.05, 3.63) is 16.6 Å². The van der Waals surface area contributed by atoms with Gasteiger partial charge in [-0.1, -0.05) is 5.92 Å². The molecule has 1 heterocycles. The third-order valence-corrected chi connectivity index (χ3v) is 2.48. The summed E-state index contributed by atoms with van der Waals surface area (Å²) in [5, 5.41) is 21.3. The van der Waals surface area contributed by atoms with E-state index in [0.29, 0.717) is 5.69 Å². The van der Waals surface area contributed by atoms with Gasteiger partial charge in [-0.3, -0.25) is 0 Å². The highest BCUT2D eigenvalue weighted by Crippen LogP contribution is 2.31. The van der Waals surface area contributed by atoms with Gasteiger partial charge >= 0.3 is 0 Å². The standard InChI is InChI=1S/C9H11NO2S/c1-4-9(12,8(2,3)11)7-5-13-6-10-7/h1,5-6,11-12H,2-3H3. The summed E-state index contributed by atoms with van der Waals surface area (Å²) < 4.78 is 0. The topological polar surface area (TPSA) is 53.4 Å². The molecule has 0 aliphatic heterocycles. The molecule has 1 atom stereocenters. The van der Waals surface area contributed by atoms with E-state index in [1.165, 1.54) is 25.2 Å². The maximum absolute atomic E-state index is 9.97. The molecule has 0 aliphatic carbocycles. The molecule has 0 radical (unpaired) electrons. The van der Waals surface area contributed by atoms with Crippen molar-refractivity contribution in [3.63, 3.8) is 0 Å². The van der Waals surface area contributed by atoms with Crippen LogP contribution in [0.1, 0.15) is 19.5 Å². The molecule has 1 aromatic heterocycles. The van der Waals surface area contributed by atoms with Gasteiger partial charge in [-0.25, -0.2) is 4.98 Å². The van der Waals surface area contributed by atoms with Crippen molar-refractivity contribution in [1.29, 1.82) is 0 Å². The Morgan fingerprint density at radius 2 is 2.15 bits per heavy atom. The van der Waals surface area contributed by atoms with Crippen LogP contribution in [0.4, 0.5) is 0 Å². The molecule has 0 saturated carbocycles. The number of aliphatic hydroxyl groups is 2. The molecule has 1 unspecified atom stereocenters. The molecule has 0 amide bonds. The van der Waals surface area contributed by atoms with E-state index in [1.54, 1.807) is 10.9 Å². The number of hydrogen-bond acceptors (Lipinski definition) is 4. The van der Waals surface area contributed by atoms with Crippen LogP contribution >= 0.6 is 11.3 Å². The van der Waals surface area contributed by atoms with E-state index >= 15 is 0 Å². The third kappa shape index (κ3) is 1.59. The fraction of sp³-hybridized carbons (Fsp3) is 0.444. The van der Waals surface area contributed by atoms with E-state index in [4.69, 9.17) is 6.42 Å². The number of rotatable bonds is 2. The average Bonchev–Trinajstić information content (AvgIpc) is 2.52. The van der Waals surface area contributed by atoms with E-state index in [9.17, 15) is 10.2 Å².